The van der Waals surface area contributed by atoms with E-state index in [1.807, 2.05) is 43.3 Å². The highest BCUT2D eigenvalue weighted by Crippen LogP contribution is 2.19. The second-order valence-electron chi connectivity index (χ2n) is 16.8. The van der Waals surface area contributed by atoms with Gasteiger partial charge in [0.05, 0.1) is 24.0 Å². The van der Waals surface area contributed by atoms with Crippen LogP contribution in [0.4, 0.5) is 0 Å². The zero-order valence-corrected chi connectivity index (χ0v) is 39.9. The maximum atomic E-state index is 14.3. The number of allylic oxidation sites excluding steroid dienone is 2. The second kappa shape index (κ2) is 27.5. The molecule has 68 heavy (non-hydrogen) atoms. The number of aliphatic carboxylic acids is 2. The molecule has 0 radical (unpaired) electrons. The number of nitrogens with one attached hydrogen (secondary N) is 6. The molecular formula is C46H68N10O12. The van der Waals surface area contributed by atoms with Crippen LogP contribution in [0, 0.1) is 17.8 Å². The summed E-state index contributed by atoms with van der Waals surface area (Å²) in [6, 6.07) is 0.970. The van der Waals surface area contributed by atoms with E-state index in [-0.39, 0.29) is 37.4 Å². The number of carboxylic acids is 2. The Balaban J connectivity index is 2.68. The number of nitrogens with zero attached hydrogens (tertiary/aromatic N) is 2. The predicted octanol–water partition coefficient (Wildman–Crippen LogP) is -0.408. The molecule has 1 saturated heterocycles. The van der Waals surface area contributed by atoms with Crippen LogP contribution < -0.4 is 43.4 Å². The third-order valence-corrected chi connectivity index (χ3v) is 11.4. The molecule has 374 valence electrons. The minimum absolute atomic E-state index is 0.0251. The summed E-state index contributed by atoms with van der Waals surface area (Å²) < 4.78 is 5.80. The molecule has 0 aromatic heterocycles. The van der Waals surface area contributed by atoms with Gasteiger partial charge in [-0.3, -0.25) is 38.6 Å². The molecule has 10 atom stereocenters. The van der Waals surface area contributed by atoms with Crippen LogP contribution in [0.3, 0.4) is 0 Å². The number of methoxy groups -OCH3 is 1. The Kier molecular flexibility index (Phi) is 23.1. The van der Waals surface area contributed by atoms with Crippen LogP contribution in [0.15, 0.2) is 71.4 Å². The molecule has 22 heteroatoms. The first-order valence-corrected chi connectivity index (χ1v) is 22.1. The Bertz CT molecular complexity index is 2090. The number of hydrogen-bond acceptors (Lipinski definition) is 11. The van der Waals surface area contributed by atoms with E-state index in [1.165, 1.54) is 40.8 Å². The number of benzene rings is 1. The molecule has 1 aliphatic heterocycles. The summed E-state index contributed by atoms with van der Waals surface area (Å²) >= 11 is 0. The Morgan fingerprint density at radius 1 is 0.853 bits per heavy atom. The van der Waals surface area contributed by atoms with Crippen molar-refractivity contribution in [2.45, 2.75) is 116 Å². The van der Waals surface area contributed by atoms with Gasteiger partial charge in [0.1, 0.15) is 35.9 Å². The lowest BCUT2D eigenvalue weighted by Gasteiger charge is -2.28. The van der Waals surface area contributed by atoms with Gasteiger partial charge in [-0.1, -0.05) is 81.5 Å². The van der Waals surface area contributed by atoms with Crippen LogP contribution in [0.5, 0.6) is 0 Å². The van der Waals surface area contributed by atoms with Gasteiger partial charge < -0.3 is 63.2 Å². The number of likely N-dealkylation sites (N-methyl/N-ethyl adjacent to an activating group) is 1. The normalized spacial score (nSPS) is 25.8. The van der Waals surface area contributed by atoms with Gasteiger partial charge in [-0.2, -0.15) is 0 Å². The summed E-state index contributed by atoms with van der Waals surface area (Å²) in [4.78, 5) is 124. The van der Waals surface area contributed by atoms with E-state index in [0.29, 0.717) is 12.0 Å². The molecule has 0 saturated carbocycles. The van der Waals surface area contributed by atoms with Crippen molar-refractivity contribution in [2.24, 2.45) is 34.2 Å². The maximum absolute atomic E-state index is 14.3. The number of aliphatic imine (C=N–C) groups is 1. The van der Waals surface area contributed by atoms with Crippen LogP contribution in [0.1, 0.15) is 72.8 Å². The molecule has 1 aromatic carbocycles. The molecule has 0 spiro atoms. The highest BCUT2D eigenvalue weighted by molar-refractivity contribution is 6.00. The number of hydrogen-bond donors (Lipinski definition) is 10. The average molecular weight is 953 g/mol. The predicted molar refractivity (Wildman–Crippen MR) is 251 cm³/mol. The number of rotatable bonds is 13. The molecule has 1 aliphatic rings. The van der Waals surface area contributed by atoms with Crippen molar-refractivity contribution in [3.05, 3.63) is 72.0 Å². The van der Waals surface area contributed by atoms with Crippen molar-refractivity contribution in [1.82, 2.24) is 36.8 Å². The highest BCUT2D eigenvalue weighted by atomic mass is 16.5. The monoisotopic (exact) mass is 953 g/mol. The van der Waals surface area contributed by atoms with Crippen LogP contribution in [0.2, 0.25) is 0 Å². The molecule has 0 bridgehead atoms. The van der Waals surface area contributed by atoms with E-state index < -0.39 is 120 Å². The van der Waals surface area contributed by atoms with Crippen molar-refractivity contribution < 1.29 is 58.1 Å². The summed E-state index contributed by atoms with van der Waals surface area (Å²) in [6.45, 7) is 12.5. The molecule has 1 fully saturated rings. The van der Waals surface area contributed by atoms with E-state index in [4.69, 9.17) is 16.2 Å². The number of carbonyl (C=O) groups excluding carboxylic acids is 7. The topological polar surface area (TPSA) is 343 Å². The first-order valence-electron chi connectivity index (χ1n) is 22.1. The summed E-state index contributed by atoms with van der Waals surface area (Å²) in [7, 11) is 2.81. The van der Waals surface area contributed by atoms with Gasteiger partial charge in [-0.05, 0) is 52.0 Å². The zero-order valence-electron chi connectivity index (χ0n) is 39.9. The molecule has 12 N–H and O–H groups in total. The van der Waals surface area contributed by atoms with Gasteiger partial charge in [0.25, 0.3) is 5.91 Å². The molecule has 2 rings (SSSR count). The first kappa shape index (κ1) is 57.0. The summed E-state index contributed by atoms with van der Waals surface area (Å²) in [5, 5.41) is 34.9. The molecule has 7 amide bonds. The van der Waals surface area contributed by atoms with Crippen LogP contribution in [-0.2, 0) is 54.3 Å². The smallest absolute Gasteiger partial charge is 0.327 e. The molecular weight excluding hydrogens is 885 g/mol. The lowest BCUT2D eigenvalue weighted by atomic mass is 9.94. The third kappa shape index (κ3) is 18.3. The average Bonchev–Trinajstić information content (AvgIpc) is 3.28. The highest BCUT2D eigenvalue weighted by Gasteiger charge is 2.36. The van der Waals surface area contributed by atoms with Gasteiger partial charge in [0.2, 0.25) is 35.4 Å². The number of carboxylic acid groups (broad SMARTS) is 2. The molecule has 22 nitrogen and oxygen atoms in total. The zero-order chi connectivity index (χ0) is 51.4. The quantitative estimate of drug-likeness (QED) is 0.0396. The van der Waals surface area contributed by atoms with Crippen LogP contribution >= 0.6 is 0 Å². The lowest BCUT2D eigenvalue weighted by molar-refractivity contribution is -0.146. The number of amides is 7. The van der Waals surface area contributed by atoms with Gasteiger partial charge in [0.15, 0.2) is 5.96 Å². The first-order chi connectivity index (χ1) is 31.9. The minimum Gasteiger partial charge on any atom is -0.480 e. The number of guanidine groups is 1. The third-order valence-electron chi connectivity index (χ3n) is 11.4. The standard InChI is InChI=1S/C46H68N10O12/c1-24(22-25(2)35(68-9)23-31-14-11-10-12-15-31)17-18-32-26(3)38(58)54-34(44(64)65)19-20-36(57)56(8)30(7)42(62)51-28(5)40(60)50-29(6)41(61)55-37(45(66)67)27(4)39(59)53-33(43(63)52-32)16-13-21-49-46(47)48/h10-12,14-15,17-18,22,25-29,32-35,37H,7,13,16,19-21,23H2,1-6,8-9H3,(H,50,60)(H,51,62)(H,52,63)(H,53,59)(H,54,58)(H,55,61)(H,64,65)(H,66,67)(H4,47,48,49)/b18-17+,24-22+/t25-,26-,27-,28+,29-,32?,33?,34+,35-,37?/m0/s1. The van der Waals surface area contributed by atoms with Crippen LogP contribution in [-0.4, -0.2) is 137 Å². The van der Waals surface area contributed by atoms with E-state index in [9.17, 15) is 53.4 Å². The molecule has 1 heterocycles. The molecule has 3 unspecified atom stereocenters. The largest absolute Gasteiger partial charge is 0.480 e. The second-order valence-corrected chi connectivity index (χ2v) is 16.8. The van der Waals surface area contributed by atoms with Crippen molar-refractivity contribution in [2.75, 3.05) is 20.7 Å². The van der Waals surface area contributed by atoms with Gasteiger partial charge in [-0.25, -0.2) is 9.59 Å². The van der Waals surface area contributed by atoms with Crippen molar-refractivity contribution in [3.8, 4) is 0 Å². The Morgan fingerprint density at radius 2 is 1.46 bits per heavy atom. The van der Waals surface area contributed by atoms with Crippen molar-refractivity contribution >= 4 is 59.2 Å². The van der Waals surface area contributed by atoms with E-state index >= 15 is 0 Å². The van der Waals surface area contributed by atoms with Crippen molar-refractivity contribution in [3.63, 3.8) is 0 Å². The summed E-state index contributed by atoms with van der Waals surface area (Å²) in [5.41, 5.74) is 12.3. The fourth-order valence-corrected chi connectivity index (χ4v) is 6.89. The number of ether oxygens (including phenoxy) is 1. The Morgan fingerprint density at radius 3 is 2.04 bits per heavy atom. The summed E-state index contributed by atoms with van der Waals surface area (Å²) in [6.07, 6.45) is 4.62. The minimum atomic E-state index is -1.88. The Hall–Kier alpha value is -7.10. The van der Waals surface area contributed by atoms with E-state index in [0.717, 1.165) is 10.5 Å². The number of carbonyl (C=O) groups is 9. The van der Waals surface area contributed by atoms with Gasteiger partial charge in [0, 0.05) is 33.0 Å². The SMILES string of the molecule is C=C1C(=O)N[C@H](C)C(=O)N[C@@H](C)C(=O)NC(C(=O)O)[C@H](C)C(=O)NC(CCCN=C(N)N)C(=O)NC(/C=C/C(C)=C/[C@H](C)[C@H](Cc2ccccc2)OC)[C@H](C)C(=O)N[C@@H](C(=O)O)CCC(=O)N1C. The van der Waals surface area contributed by atoms with Crippen LogP contribution in [0.25, 0.3) is 0 Å². The Labute approximate surface area is 396 Å². The van der Waals surface area contributed by atoms with Gasteiger partial charge >= 0.3 is 11.9 Å². The van der Waals surface area contributed by atoms with E-state index in [1.54, 1.807) is 20.1 Å². The summed E-state index contributed by atoms with van der Waals surface area (Å²) in [5.74, 6) is -12.5. The van der Waals surface area contributed by atoms with Crippen molar-refractivity contribution in [1.29, 1.82) is 0 Å². The number of nitrogens with two attached hydrogens (primary N) is 2. The van der Waals surface area contributed by atoms with E-state index in [2.05, 4.69) is 43.5 Å². The molecule has 0 aliphatic carbocycles. The molecule has 1 aromatic rings. The maximum Gasteiger partial charge on any atom is 0.327 e. The fraction of sp³-hybridized carbons (Fsp3) is 0.522. The lowest BCUT2D eigenvalue weighted by Crippen LogP contribution is -2.58. The van der Waals surface area contributed by atoms with Gasteiger partial charge in [-0.15, -0.1) is 0 Å². The fourth-order valence-electron chi connectivity index (χ4n) is 6.89.